The molecule has 2 aromatic heterocycles. The molecule has 0 saturated carbocycles. The molecule has 3 aliphatic heterocycles. The van der Waals surface area contributed by atoms with Crippen molar-refractivity contribution in [2.75, 3.05) is 82.1 Å². The van der Waals surface area contributed by atoms with Crippen LogP contribution >= 0.6 is 0 Å². The summed E-state index contributed by atoms with van der Waals surface area (Å²) in [5.41, 5.74) is 8.46. The fourth-order valence-electron chi connectivity index (χ4n) is 5.10. The lowest BCUT2D eigenvalue weighted by Crippen LogP contribution is -2.49. The first-order valence-electron chi connectivity index (χ1n) is 11.9. The van der Waals surface area contributed by atoms with Crippen molar-refractivity contribution < 1.29 is 9.53 Å². The average Bonchev–Trinajstić information content (AvgIpc) is 3.44. The molecule has 5 rings (SSSR count). The lowest BCUT2D eigenvalue weighted by molar-refractivity contribution is -0.129. The third kappa shape index (κ3) is 4.25. The van der Waals surface area contributed by atoms with E-state index in [1.54, 1.807) is 31.4 Å². The minimum Gasteiger partial charge on any atom is -0.378 e. The van der Waals surface area contributed by atoms with Crippen molar-refractivity contribution in [3.05, 3.63) is 18.0 Å². The Balaban J connectivity index is 1.49. The van der Waals surface area contributed by atoms with Crippen LogP contribution in [-0.2, 0) is 16.0 Å². The number of anilines is 3. The number of carbonyl (C=O) groups is 1. The van der Waals surface area contributed by atoms with Crippen molar-refractivity contribution in [2.45, 2.75) is 25.3 Å². The Morgan fingerprint density at radius 2 is 1.88 bits per heavy atom. The first-order chi connectivity index (χ1) is 16.3. The van der Waals surface area contributed by atoms with Crippen LogP contribution in [0, 0.1) is 0 Å². The second kappa shape index (κ2) is 8.95. The summed E-state index contributed by atoms with van der Waals surface area (Å²) < 4.78 is 5.54. The quantitative estimate of drug-likeness (QED) is 0.656. The molecule has 0 aliphatic carbocycles. The highest BCUT2D eigenvalue weighted by atomic mass is 16.5. The largest absolute Gasteiger partial charge is 0.378 e. The van der Waals surface area contributed by atoms with Crippen LogP contribution in [0.2, 0.25) is 0 Å². The Kier molecular flexibility index (Phi) is 5.98. The number of hydrogen-bond acceptors (Lipinski definition) is 10. The molecule has 0 unspecified atom stereocenters. The van der Waals surface area contributed by atoms with Crippen molar-refractivity contribution in [1.82, 2.24) is 29.7 Å². The summed E-state index contributed by atoms with van der Waals surface area (Å²) in [4.78, 5) is 39.3. The van der Waals surface area contributed by atoms with Crippen LogP contribution < -0.4 is 15.5 Å². The Morgan fingerprint density at radius 1 is 1.15 bits per heavy atom. The molecule has 5 heterocycles. The minimum absolute atomic E-state index is 0.108. The van der Waals surface area contributed by atoms with Gasteiger partial charge in [-0.15, -0.1) is 0 Å². The number of nitrogens with zero attached hydrogens (tertiary/aromatic N) is 8. The van der Waals surface area contributed by atoms with Gasteiger partial charge >= 0.3 is 0 Å². The van der Waals surface area contributed by atoms with Crippen molar-refractivity contribution in [2.24, 2.45) is 0 Å². The number of aromatic nitrogens is 4. The fourth-order valence-corrected chi connectivity index (χ4v) is 5.10. The van der Waals surface area contributed by atoms with Crippen molar-refractivity contribution in [3.8, 4) is 11.3 Å². The Morgan fingerprint density at radius 3 is 2.59 bits per heavy atom. The number of likely N-dealkylation sites (N-methyl/N-ethyl adjacent to an activating group) is 1. The topological polar surface area (TPSA) is 117 Å². The molecular formula is C23H33N9O2. The number of likely N-dealkylation sites (tertiary alicyclic amines) is 1. The molecule has 3 aliphatic rings. The van der Waals surface area contributed by atoms with E-state index in [9.17, 15) is 4.79 Å². The molecule has 182 valence electrons. The number of ether oxygens (including phenoxy) is 1. The van der Waals surface area contributed by atoms with Gasteiger partial charge in [0, 0.05) is 70.3 Å². The third-order valence-corrected chi connectivity index (χ3v) is 7.09. The molecule has 2 N–H and O–H groups in total. The van der Waals surface area contributed by atoms with Gasteiger partial charge in [-0.1, -0.05) is 0 Å². The molecule has 11 heteroatoms. The van der Waals surface area contributed by atoms with Crippen molar-refractivity contribution >= 4 is 23.6 Å². The van der Waals surface area contributed by atoms with Gasteiger partial charge in [-0.25, -0.2) is 15.0 Å². The van der Waals surface area contributed by atoms with E-state index in [0.717, 1.165) is 68.2 Å². The third-order valence-electron chi connectivity index (χ3n) is 7.09. The van der Waals surface area contributed by atoms with Crippen molar-refractivity contribution in [3.63, 3.8) is 0 Å². The van der Waals surface area contributed by atoms with E-state index in [1.807, 2.05) is 0 Å². The highest BCUT2D eigenvalue weighted by Gasteiger charge is 2.44. The number of fused-ring (bicyclic) bond motifs is 1. The Bertz CT molecular complexity index is 1060. The zero-order valence-corrected chi connectivity index (χ0v) is 20.2. The van der Waals surface area contributed by atoms with Gasteiger partial charge in [-0.2, -0.15) is 4.98 Å². The second-order valence-electron chi connectivity index (χ2n) is 9.75. The van der Waals surface area contributed by atoms with Crippen LogP contribution in [0.1, 0.15) is 18.9 Å². The summed E-state index contributed by atoms with van der Waals surface area (Å²) in [5, 5.41) is 0. The minimum atomic E-state index is -0.108. The molecule has 1 atom stereocenters. The van der Waals surface area contributed by atoms with Gasteiger partial charge in [0.25, 0.3) is 0 Å². The van der Waals surface area contributed by atoms with Gasteiger partial charge in [0.1, 0.15) is 5.82 Å². The predicted octanol–water partition coefficient (Wildman–Crippen LogP) is 0.268. The number of morpholine rings is 1. The smallest absolute Gasteiger partial charge is 0.236 e. The first-order valence-corrected chi connectivity index (χ1v) is 11.9. The number of nitrogen functional groups attached to an aromatic ring is 1. The van der Waals surface area contributed by atoms with E-state index in [0.29, 0.717) is 25.7 Å². The summed E-state index contributed by atoms with van der Waals surface area (Å²) in [6.45, 7) is 8.15. The molecule has 0 spiro atoms. The Labute approximate surface area is 199 Å². The molecule has 2 fully saturated rings. The highest BCUT2D eigenvalue weighted by molar-refractivity contribution is 5.78. The number of rotatable bonds is 5. The zero-order valence-electron chi connectivity index (χ0n) is 20.2. The molecule has 34 heavy (non-hydrogen) atoms. The number of amides is 1. The van der Waals surface area contributed by atoms with Gasteiger partial charge in [0.15, 0.2) is 0 Å². The van der Waals surface area contributed by atoms with Crippen molar-refractivity contribution in [1.29, 1.82) is 0 Å². The van der Waals surface area contributed by atoms with Gasteiger partial charge in [0.2, 0.25) is 17.8 Å². The van der Waals surface area contributed by atoms with E-state index in [4.69, 9.17) is 20.4 Å². The molecule has 2 saturated heterocycles. The molecule has 0 aromatic carbocycles. The first kappa shape index (κ1) is 22.7. The van der Waals surface area contributed by atoms with Crippen LogP contribution in [0.15, 0.2) is 12.4 Å². The van der Waals surface area contributed by atoms with Gasteiger partial charge < -0.3 is 25.2 Å². The van der Waals surface area contributed by atoms with E-state index in [1.165, 1.54) is 0 Å². The maximum atomic E-state index is 12.3. The highest BCUT2D eigenvalue weighted by Crippen LogP contribution is 2.41. The maximum absolute atomic E-state index is 12.3. The van der Waals surface area contributed by atoms with Crippen LogP contribution in [-0.4, -0.2) is 108 Å². The van der Waals surface area contributed by atoms with Crippen LogP contribution in [0.25, 0.3) is 11.3 Å². The monoisotopic (exact) mass is 467 g/mol. The van der Waals surface area contributed by atoms with E-state index in [2.05, 4.69) is 31.6 Å². The van der Waals surface area contributed by atoms with Gasteiger partial charge in [-0.05, 0) is 19.8 Å². The maximum Gasteiger partial charge on any atom is 0.236 e. The average molecular weight is 468 g/mol. The zero-order chi connectivity index (χ0) is 23.9. The molecule has 1 amide bonds. The van der Waals surface area contributed by atoms with Gasteiger partial charge in [0.05, 0.1) is 31.0 Å². The molecule has 0 bridgehead atoms. The predicted molar refractivity (Wildman–Crippen MR) is 130 cm³/mol. The standard InChI is InChI=1S/C23H33N9O2/c1-23(5-7-30(15-23)14-18(33)29(2)3)32-6-4-17-19(16-12-25-21(24)26-13-16)27-22(28-20(17)32)31-8-10-34-11-9-31/h12-13H,4-11,14-15H2,1-3H3,(H2,24,25,26)/t23-/m0/s1. The second-order valence-corrected chi connectivity index (χ2v) is 9.75. The van der Waals surface area contributed by atoms with E-state index >= 15 is 0 Å². The number of nitrogens with two attached hydrogens (primary N) is 1. The van der Waals surface area contributed by atoms with Crippen LogP contribution in [0.4, 0.5) is 17.7 Å². The Hall–Kier alpha value is -3.05. The molecule has 11 nitrogen and oxygen atoms in total. The lowest BCUT2D eigenvalue weighted by atomic mass is 9.99. The number of carbonyl (C=O) groups excluding carboxylic acids is 1. The fraction of sp³-hybridized carbons (Fsp3) is 0.609. The molecule has 0 radical (unpaired) electrons. The van der Waals surface area contributed by atoms with Gasteiger partial charge in [-0.3, -0.25) is 9.69 Å². The summed E-state index contributed by atoms with van der Waals surface area (Å²) in [7, 11) is 3.61. The summed E-state index contributed by atoms with van der Waals surface area (Å²) in [6.07, 6.45) is 5.31. The summed E-state index contributed by atoms with van der Waals surface area (Å²) >= 11 is 0. The summed E-state index contributed by atoms with van der Waals surface area (Å²) in [5.74, 6) is 2.07. The van der Waals surface area contributed by atoms with Crippen LogP contribution in [0.5, 0.6) is 0 Å². The molecular weight excluding hydrogens is 434 g/mol. The normalized spacial score (nSPS) is 22.8. The summed E-state index contributed by atoms with van der Waals surface area (Å²) in [6, 6.07) is 0. The molecule has 2 aromatic rings. The number of hydrogen-bond donors (Lipinski definition) is 1. The van der Waals surface area contributed by atoms with E-state index < -0.39 is 0 Å². The lowest BCUT2D eigenvalue weighted by Gasteiger charge is -2.37. The van der Waals surface area contributed by atoms with E-state index in [-0.39, 0.29) is 17.4 Å². The van der Waals surface area contributed by atoms with Crippen LogP contribution in [0.3, 0.4) is 0 Å². The SMILES string of the molecule is CN(C)C(=O)CN1CC[C@](C)(N2CCc3c(-c4cnc(N)nc4)nc(N4CCOCC4)nc32)C1.